The van der Waals surface area contributed by atoms with E-state index < -0.39 is 0 Å². The van der Waals surface area contributed by atoms with Crippen molar-refractivity contribution in [3.8, 4) is 0 Å². The quantitative estimate of drug-likeness (QED) is 0.801. The van der Waals surface area contributed by atoms with Crippen molar-refractivity contribution in [2.45, 2.75) is 59.2 Å². The molecule has 1 aromatic heterocycles. The van der Waals surface area contributed by atoms with Crippen molar-refractivity contribution in [3.63, 3.8) is 0 Å². The second-order valence-corrected chi connectivity index (χ2v) is 5.05. The lowest BCUT2D eigenvalue weighted by Gasteiger charge is -2.11. The summed E-state index contributed by atoms with van der Waals surface area (Å²) >= 11 is 0. The van der Waals surface area contributed by atoms with Crippen molar-refractivity contribution in [1.29, 1.82) is 0 Å². The molecule has 2 rings (SSSR count). The molecule has 0 atom stereocenters. The number of rotatable bonds is 4. The second kappa shape index (κ2) is 3.67. The van der Waals surface area contributed by atoms with Crippen molar-refractivity contribution in [3.05, 3.63) is 23.0 Å². The Balaban J connectivity index is 2.07. The number of aryl methyl sites for hydroxylation is 1. The summed E-state index contributed by atoms with van der Waals surface area (Å²) in [5.74, 6) is 0. The van der Waals surface area contributed by atoms with Gasteiger partial charge < -0.3 is 9.88 Å². The van der Waals surface area contributed by atoms with Crippen LogP contribution in [0.2, 0.25) is 0 Å². The van der Waals surface area contributed by atoms with Crippen molar-refractivity contribution in [2.24, 2.45) is 0 Å². The lowest BCUT2D eigenvalue weighted by molar-refractivity contribution is 0.535. The topological polar surface area (TPSA) is 17.0 Å². The fourth-order valence-electron chi connectivity index (χ4n) is 2.21. The normalized spacial score (nSPS) is 18.1. The molecule has 0 bridgehead atoms. The van der Waals surface area contributed by atoms with Gasteiger partial charge in [-0.15, -0.1) is 0 Å². The van der Waals surface area contributed by atoms with Gasteiger partial charge in [-0.05, 0) is 52.2 Å². The van der Waals surface area contributed by atoms with E-state index in [1.54, 1.807) is 0 Å². The first-order valence-electron chi connectivity index (χ1n) is 5.96. The molecule has 1 N–H and O–H groups in total. The Bertz CT molecular complexity index is 359. The van der Waals surface area contributed by atoms with Crippen LogP contribution < -0.4 is 5.32 Å². The zero-order chi connectivity index (χ0) is 11.1. The van der Waals surface area contributed by atoms with Crippen molar-refractivity contribution >= 4 is 0 Å². The third kappa shape index (κ3) is 2.10. The smallest absolute Gasteiger partial charge is 0.0228 e. The third-order valence-electron chi connectivity index (χ3n) is 3.70. The summed E-state index contributed by atoms with van der Waals surface area (Å²) in [4.78, 5) is 0. The van der Waals surface area contributed by atoms with E-state index in [2.05, 4.69) is 43.6 Å². The molecular weight excluding hydrogens is 184 g/mol. The van der Waals surface area contributed by atoms with E-state index in [9.17, 15) is 0 Å². The molecule has 1 saturated carbocycles. The van der Waals surface area contributed by atoms with Gasteiger partial charge in [-0.25, -0.2) is 0 Å². The predicted molar refractivity (Wildman–Crippen MR) is 64.1 cm³/mol. The first-order valence-corrected chi connectivity index (χ1v) is 5.96. The van der Waals surface area contributed by atoms with Gasteiger partial charge in [-0.3, -0.25) is 0 Å². The number of hydrogen-bond acceptors (Lipinski definition) is 1. The SMILES string of the molecule is CCn1c(C)cc(CNC2(C)CC2)c1C. The lowest BCUT2D eigenvalue weighted by atomic mass is 10.2. The summed E-state index contributed by atoms with van der Waals surface area (Å²) < 4.78 is 2.38. The van der Waals surface area contributed by atoms with Crippen LogP contribution in [0.4, 0.5) is 0 Å². The summed E-state index contributed by atoms with van der Waals surface area (Å²) in [7, 11) is 0. The summed E-state index contributed by atoms with van der Waals surface area (Å²) in [5.41, 5.74) is 4.70. The molecule has 2 heteroatoms. The van der Waals surface area contributed by atoms with E-state index >= 15 is 0 Å². The van der Waals surface area contributed by atoms with Gasteiger partial charge in [0.05, 0.1) is 0 Å². The van der Waals surface area contributed by atoms with Gasteiger partial charge in [0.1, 0.15) is 0 Å². The standard InChI is InChI=1S/C13H22N2/c1-5-15-10(2)8-12(11(15)3)9-14-13(4)6-7-13/h8,14H,5-7,9H2,1-4H3. The van der Waals surface area contributed by atoms with Crippen LogP contribution >= 0.6 is 0 Å². The highest BCUT2D eigenvalue weighted by Gasteiger charge is 2.36. The van der Waals surface area contributed by atoms with Crippen LogP contribution in [0.5, 0.6) is 0 Å². The molecule has 2 nitrogen and oxygen atoms in total. The summed E-state index contributed by atoms with van der Waals surface area (Å²) in [5, 5.41) is 3.64. The maximum absolute atomic E-state index is 3.64. The van der Waals surface area contributed by atoms with E-state index in [-0.39, 0.29) is 0 Å². The average molecular weight is 206 g/mol. The first kappa shape index (κ1) is 10.7. The highest BCUT2D eigenvalue weighted by atomic mass is 15.0. The minimum Gasteiger partial charge on any atom is -0.349 e. The van der Waals surface area contributed by atoms with Gasteiger partial charge in [-0.2, -0.15) is 0 Å². The Morgan fingerprint density at radius 3 is 2.53 bits per heavy atom. The van der Waals surface area contributed by atoms with Crippen LogP contribution in [-0.2, 0) is 13.1 Å². The fraction of sp³-hybridized carbons (Fsp3) is 0.692. The number of nitrogens with zero attached hydrogens (tertiary/aromatic N) is 1. The van der Waals surface area contributed by atoms with Crippen LogP contribution in [0, 0.1) is 13.8 Å². The molecule has 84 valence electrons. The molecule has 0 amide bonds. The van der Waals surface area contributed by atoms with Crippen molar-refractivity contribution in [1.82, 2.24) is 9.88 Å². The van der Waals surface area contributed by atoms with Crippen molar-refractivity contribution < 1.29 is 0 Å². The summed E-state index contributed by atoms with van der Waals surface area (Å²) in [6.07, 6.45) is 2.67. The molecule has 0 unspecified atom stereocenters. The van der Waals surface area contributed by atoms with Gasteiger partial charge in [-0.1, -0.05) is 0 Å². The van der Waals surface area contributed by atoms with Gasteiger partial charge in [0.15, 0.2) is 0 Å². The van der Waals surface area contributed by atoms with E-state index in [0.717, 1.165) is 13.1 Å². The Morgan fingerprint density at radius 2 is 2.07 bits per heavy atom. The maximum atomic E-state index is 3.64. The Labute approximate surface area is 92.7 Å². The number of aromatic nitrogens is 1. The van der Waals surface area contributed by atoms with Crippen LogP contribution in [-0.4, -0.2) is 10.1 Å². The van der Waals surface area contributed by atoms with Crippen LogP contribution in [0.15, 0.2) is 6.07 Å². The Hall–Kier alpha value is -0.760. The molecule has 0 radical (unpaired) electrons. The molecule has 1 aliphatic rings. The van der Waals surface area contributed by atoms with Crippen LogP contribution in [0.25, 0.3) is 0 Å². The van der Waals surface area contributed by atoms with E-state index in [1.165, 1.54) is 29.8 Å². The fourth-order valence-corrected chi connectivity index (χ4v) is 2.21. The summed E-state index contributed by atoms with van der Waals surface area (Å²) in [6.45, 7) is 11.0. The zero-order valence-corrected chi connectivity index (χ0v) is 10.4. The van der Waals surface area contributed by atoms with Crippen LogP contribution in [0.1, 0.15) is 43.6 Å². The largest absolute Gasteiger partial charge is 0.349 e. The first-order chi connectivity index (χ1) is 7.06. The van der Waals surface area contributed by atoms with Gasteiger partial charge in [0.25, 0.3) is 0 Å². The molecule has 1 aromatic rings. The van der Waals surface area contributed by atoms with E-state index in [4.69, 9.17) is 0 Å². The second-order valence-electron chi connectivity index (χ2n) is 5.05. The van der Waals surface area contributed by atoms with Gasteiger partial charge >= 0.3 is 0 Å². The molecule has 15 heavy (non-hydrogen) atoms. The molecule has 1 aliphatic carbocycles. The van der Waals surface area contributed by atoms with Gasteiger partial charge in [0.2, 0.25) is 0 Å². The molecule has 0 spiro atoms. The van der Waals surface area contributed by atoms with Gasteiger partial charge in [0, 0.05) is 30.0 Å². The average Bonchev–Trinajstić information content (AvgIpc) is 2.85. The molecule has 1 fully saturated rings. The van der Waals surface area contributed by atoms with E-state index in [1.807, 2.05) is 0 Å². The summed E-state index contributed by atoms with van der Waals surface area (Å²) in [6, 6.07) is 2.32. The lowest BCUT2D eigenvalue weighted by Crippen LogP contribution is -2.27. The Kier molecular flexibility index (Phi) is 2.63. The highest BCUT2D eigenvalue weighted by Crippen LogP contribution is 2.34. The molecule has 0 aliphatic heterocycles. The maximum Gasteiger partial charge on any atom is 0.0228 e. The molecular formula is C13H22N2. The number of nitrogens with one attached hydrogen (secondary N) is 1. The molecule has 0 aromatic carbocycles. The zero-order valence-electron chi connectivity index (χ0n) is 10.4. The van der Waals surface area contributed by atoms with Crippen LogP contribution in [0.3, 0.4) is 0 Å². The monoisotopic (exact) mass is 206 g/mol. The minimum absolute atomic E-state index is 0.439. The predicted octanol–water partition coefficient (Wildman–Crippen LogP) is 2.77. The molecule has 1 heterocycles. The third-order valence-corrected chi connectivity index (χ3v) is 3.70. The van der Waals surface area contributed by atoms with Crippen molar-refractivity contribution in [2.75, 3.05) is 0 Å². The highest BCUT2D eigenvalue weighted by molar-refractivity contribution is 5.27. The number of hydrogen-bond donors (Lipinski definition) is 1. The molecule has 0 saturated heterocycles. The minimum atomic E-state index is 0.439. The van der Waals surface area contributed by atoms with E-state index in [0.29, 0.717) is 5.54 Å². The Morgan fingerprint density at radius 1 is 1.40 bits per heavy atom.